The summed E-state index contributed by atoms with van der Waals surface area (Å²) in [6, 6.07) is 0. The molecule has 0 aromatic heterocycles. The summed E-state index contributed by atoms with van der Waals surface area (Å²) in [5.74, 6) is 0. The molecule has 0 radical (unpaired) electrons. The van der Waals surface area contributed by atoms with Gasteiger partial charge in [0.2, 0.25) is 0 Å². The highest BCUT2D eigenvalue weighted by atomic mass is 32.2. The highest BCUT2D eigenvalue weighted by Crippen LogP contribution is 2.07. The number of rotatable bonds is 5. The Morgan fingerprint density at radius 1 is 1.53 bits per heavy atom. The molecule has 0 aromatic carbocycles. The fourth-order valence-corrected chi connectivity index (χ4v) is 1.44. The number of nitrogens with zero attached hydrogens (tertiary/aromatic N) is 1. The van der Waals surface area contributed by atoms with Crippen molar-refractivity contribution in [2.75, 3.05) is 6.54 Å². The molecule has 0 fully saturated rings. The first-order chi connectivity index (χ1) is 6.88. The molecule has 1 unspecified atom stereocenters. The van der Waals surface area contributed by atoms with E-state index in [9.17, 15) is 4.21 Å². The predicted octanol–water partition coefficient (Wildman–Crippen LogP) is 2.20. The zero-order valence-corrected chi connectivity index (χ0v) is 10.7. The zero-order chi connectivity index (χ0) is 11.9. The smallest absolute Gasteiger partial charge is 0.0973 e. The number of hydrogen-bond donors (Lipinski definition) is 1. The van der Waals surface area contributed by atoms with Crippen LogP contribution in [0.15, 0.2) is 29.9 Å². The summed E-state index contributed by atoms with van der Waals surface area (Å²) in [7, 11) is -1.04. The van der Waals surface area contributed by atoms with Gasteiger partial charge in [-0.05, 0) is 33.8 Å². The number of hydrogen-bond acceptors (Lipinski definition) is 2. The van der Waals surface area contributed by atoms with E-state index in [1.807, 2.05) is 27.7 Å². The molecule has 0 amide bonds. The van der Waals surface area contributed by atoms with E-state index in [4.69, 9.17) is 0 Å². The van der Waals surface area contributed by atoms with Crippen LogP contribution >= 0.6 is 0 Å². The van der Waals surface area contributed by atoms with Crippen molar-refractivity contribution in [3.63, 3.8) is 0 Å². The highest BCUT2D eigenvalue weighted by molar-refractivity contribution is 7.84. The van der Waals surface area contributed by atoms with Crippen molar-refractivity contribution >= 4 is 16.7 Å². The molecule has 0 aromatic rings. The Morgan fingerprint density at radius 2 is 2.13 bits per heavy atom. The molecule has 1 atom stereocenters. The second kappa shape index (κ2) is 6.69. The van der Waals surface area contributed by atoms with Crippen molar-refractivity contribution in [1.82, 2.24) is 4.72 Å². The maximum atomic E-state index is 11.6. The monoisotopic (exact) mass is 228 g/mol. The Balaban J connectivity index is 4.06. The maximum absolute atomic E-state index is 11.6. The Hall–Kier alpha value is -0.740. The van der Waals surface area contributed by atoms with E-state index in [0.717, 1.165) is 5.71 Å². The molecule has 0 saturated heterocycles. The Bertz CT molecular complexity index is 287. The molecule has 3 nitrogen and oxygen atoms in total. The van der Waals surface area contributed by atoms with E-state index in [-0.39, 0.29) is 4.75 Å². The van der Waals surface area contributed by atoms with E-state index >= 15 is 0 Å². The molecule has 0 aliphatic rings. The van der Waals surface area contributed by atoms with Crippen LogP contribution < -0.4 is 4.72 Å². The Labute approximate surface area is 95.0 Å². The minimum Gasteiger partial charge on any atom is -0.265 e. The maximum Gasteiger partial charge on any atom is 0.0973 e. The molecular weight excluding hydrogens is 208 g/mol. The first-order valence-corrected chi connectivity index (χ1v) is 5.99. The third kappa shape index (κ3) is 7.22. The van der Waals surface area contributed by atoms with Gasteiger partial charge in [-0.3, -0.25) is 4.99 Å². The summed E-state index contributed by atoms with van der Waals surface area (Å²) in [4.78, 5) is 4.14. The third-order valence-electron chi connectivity index (χ3n) is 1.53. The van der Waals surface area contributed by atoms with Crippen LogP contribution in [0.1, 0.15) is 27.7 Å². The Morgan fingerprint density at radius 3 is 2.60 bits per heavy atom. The van der Waals surface area contributed by atoms with Gasteiger partial charge in [-0.15, -0.1) is 0 Å². The van der Waals surface area contributed by atoms with Gasteiger partial charge >= 0.3 is 0 Å². The van der Waals surface area contributed by atoms with E-state index < -0.39 is 11.0 Å². The lowest BCUT2D eigenvalue weighted by atomic mass is 10.3. The minimum atomic E-state index is -1.04. The average molecular weight is 228 g/mol. The van der Waals surface area contributed by atoms with Gasteiger partial charge in [-0.25, -0.2) is 8.93 Å². The van der Waals surface area contributed by atoms with E-state index in [1.54, 1.807) is 18.4 Å². The fourth-order valence-electron chi connectivity index (χ4n) is 0.663. The number of aliphatic imine (C=N–C) groups is 1. The van der Waals surface area contributed by atoms with Gasteiger partial charge in [0, 0.05) is 18.5 Å². The second-order valence-electron chi connectivity index (χ2n) is 4.14. The van der Waals surface area contributed by atoms with Crippen LogP contribution in [0.25, 0.3) is 0 Å². The molecule has 15 heavy (non-hydrogen) atoms. The van der Waals surface area contributed by atoms with Crippen molar-refractivity contribution in [3.05, 3.63) is 24.9 Å². The van der Waals surface area contributed by atoms with Crippen molar-refractivity contribution in [2.24, 2.45) is 4.99 Å². The molecule has 0 saturated carbocycles. The summed E-state index contributed by atoms with van der Waals surface area (Å²) in [6.07, 6.45) is 5.09. The molecule has 0 aliphatic heterocycles. The molecule has 0 aliphatic carbocycles. The molecular formula is C11H20N2OS. The van der Waals surface area contributed by atoms with E-state index in [2.05, 4.69) is 16.3 Å². The molecule has 1 N–H and O–H groups in total. The third-order valence-corrected chi connectivity index (χ3v) is 3.05. The fraction of sp³-hybridized carbons (Fsp3) is 0.545. The summed E-state index contributed by atoms with van der Waals surface area (Å²) in [6.45, 7) is 11.8. The average Bonchev–Trinajstić information content (AvgIpc) is 2.13. The van der Waals surface area contributed by atoms with E-state index in [0.29, 0.717) is 6.54 Å². The quantitative estimate of drug-likeness (QED) is 0.569. The molecule has 86 valence electrons. The SMILES string of the molecule is C=C/C=C\N=C(C)CNS(=O)C(C)(C)C. The lowest BCUT2D eigenvalue weighted by molar-refractivity contribution is 0.640. The van der Waals surface area contributed by atoms with Gasteiger partial charge in [0.25, 0.3) is 0 Å². The van der Waals surface area contributed by atoms with Gasteiger partial charge in [-0.2, -0.15) is 0 Å². The van der Waals surface area contributed by atoms with Gasteiger partial charge in [0.05, 0.1) is 15.7 Å². The molecule has 0 spiro atoms. The van der Waals surface area contributed by atoms with Crippen LogP contribution in [-0.4, -0.2) is 21.2 Å². The van der Waals surface area contributed by atoms with Gasteiger partial charge in [0.15, 0.2) is 0 Å². The van der Waals surface area contributed by atoms with Gasteiger partial charge < -0.3 is 0 Å². The normalized spacial score (nSPS) is 15.6. The van der Waals surface area contributed by atoms with Crippen LogP contribution in [0.5, 0.6) is 0 Å². The molecule has 0 rings (SSSR count). The van der Waals surface area contributed by atoms with Crippen molar-refractivity contribution in [3.8, 4) is 0 Å². The molecule has 0 heterocycles. The second-order valence-corrected chi connectivity index (χ2v) is 6.19. The van der Waals surface area contributed by atoms with Crippen molar-refractivity contribution in [1.29, 1.82) is 0 Å². The predicted molar refractivity (Wildman–Crippen MR) is 68.3 cm³/mol. The van der Waals surface area contributed by atoms with Crippen molar-refractivity contribution < 1.29 is 4.21 Å². The largest absolute Gasteiger partial charge is 0.265 e. The van der Waals surface area contributed by atoms with Crippen LogP contribution in [0.2, 0.25) is 0 Å². The highest BCUT2D eigenvalue weighted by Gasteiger charge is 2.18. The molecule has 0 bridgehead atoms. The standard InChI is InChI=1S/C11H20N2OS/c1-6-7-8-12-10(2)9-13-15(14)11(3,4)5/h6-8,13H,1,9H2,2-5H3/b8-7-,12-10?. The van der Waals surface area contributed by atoms with Gasteiger partial charge in [-0.1, -0.05) is 12.7 Å². The zero-order valence-electron chi connectivity index (χ0n) is 9.91. The van der Waals surface area contributed by atoms with Crippen LogP contribution in [0.3, 0.4) is 0 Å². The van der Waals surface area contributed by atoms with Crippen LogP contribution in [0, 0.1) is 0 Å². The number of nitrogens with one attached hydrogen (secondary N) is 1. The lowest BCUT2D eigenvalue weighted by Crippen LogP contribution is -2.35. The first-order valence-electron chi connectivity index (χ1n) is 4.84. The topological polar surface area (TPSA) is 41.5 Å². The van der Waals surface area contributed by atoms with Crippen LogP contribution in [-0.2, 0) is 11.0 Å². The summed E-state index contributed by atoms with van der Waals surface area (Å²) >= 11 is 0. The van der Waals surface area contributed by atoms with Crippen molar-refractivity contribution in [2.45, 2.75) is 32.4 Å². The molecule has 4 heteroatoms. The number of allylic oxidation sites excluding steroid dienone is 2. The summed E-state index contributed by atoms with van der Waals surface area (Å²) < 4.78 is 14.3. The van der Waals surface area contributed by atoms with Gasteiger partial charge in [0.1, 0.15) is 0 Å². The van der Waals surface area contributed by atoms with E-state index in [1.165, 1.54) is 0 Å². The summed E-state index contributed by atoms with van der Waals surface area (Å²) in [5, 5.41) is 0. The minimum absolute atomic E-state index is 0.239. The summed E-state index contributed by atoms with van der Waals surface area (Å²) in [5.41, 5.74) is 0.894. The van der Waals surface area contributed by atoms with Crippen LogP contribution in [0.4, 0.5) is 0 Å². The first kappa shape index (κ1) is 14.3. The lowest BCUT2D eigenvalue weighted by Gasteiger charge is -2.17. The Kier molecular flexibility index (Phi) is 6.36.